The van der Waals surface area contributed by atoms with Crippen molar-refractivity contribution >= 4 is 27.3 Å². The molecule has 2 heterocycles. The average molecular weight is 342 g/mol. The molecule has 1 atom stereocenters. The number of aryl methyl sites for hydroxylation is 1. The zero-order valence-electron chi connectivity index (χ0n) is 10.9. The van der Waals surface area contributed by atoms with E-state index in [1.165, 1.54) is 4.88 Å². The molecule has 4 nitrogen and oxygen atoms in total. The lowest BCUT2D eigenvalue weighted by Crippen LogP contribution is -2.29. The monoisotopic (exact) mass is 341 g/mol. The molecule has 0 aliphatic heterocycles. The second-order valence-electron chi connectivity index (χ2n) is 4.33. The zero-order valence-corrected chi connectivity index (χ0v) is 13.3. The van der Waals surface area contributed by atoms with Crippen LogP contribution < -0.4 is 10.9 Å². The Morgan fingerprint density at radius 1 is 1.58 bits per heavy atom. The standard InChI is InChI=1S/C13H16BrN3OS/c1-9(11-4-3-7-19-11)15-5-6-17-8-16-10(2)12(14)13(17)18/h3-4,7-9,15H,5-6H2,1-2H3. The Labute approximate surface area is 124 Å². The van der Waals surface area contributed by atoms with Crippen molar-refractivity contribution < 1.29 is 0 Å². The molecular formula is C13H16BrN3OS. The van der Waals surface area contributed by atoms with Gasteiger partial charge in [0.25, 0.3) is 5.56 Å². The molecule has 0 bridgehead atoms. The number of halogens is 1. The van der Waals surface area contributed by atoms with Gasteiger partial charge in [0.15, 0.2) is 0 Å². The van der Waals surface area contributed by atoms with Crippen LogP contribution in [0.1, 0.15) is 23.5 Å². The van der Waals surface area contributed by atoms with E-state index < -0.39 is 0 Å². The van der Waals surface area contributed by atoms with Gasteiger partial charge in [0.1, 0.15) is 4.47 Å². The lowest BCUT2D eigenvalue weighted by Gasteiger charge is -2.13. The molecular weight excluding hydrogens is 326 g/mol. The summed E-state index contributed by atoms with van der Waals surface area (Å²) in [5.74, 6) is 0. The molecule has 1 unspecified atom stereocenters. The summed E-state index contributed by atoms with van der Waals surface area (Å²) in [5, 5.41) is 5.47. The smallest absolute Gasteiger partial charge is 0.267 e. The van der Waals surface area contributed by atoms with Gasteiger partial charge < -0.3 is 5.32 Å². The summed E-state index contributed by atoms with van der Waals surface area (Å²) in [6.45, 7) is 5.28. The van der Waals surface area contributed by atoms with E-state index in [4.69, 9.17) is 0 Å². The SMILES string of the molecule is Cc1ncn(CCNC(C)c2cccs2)c(=O)c1Br. The molecule has 0 saturated heterocycles. The molecule has 2 rings (SSSR count). The minimum absolute atomic E-state index is 0.0296. The quantitative estimate of drug-likeness (QED) is 0.909. The molecule has 19 heavy (non-hydrogen) atoms. The van der Waals surface area contributed by atoms with Crippen LogP contribution >= 0.6 is 27.3 Å². The Morgan fingerprint density at radius 3 is 3.05 bits per heavy atom. The van der Waals surface area contributed by atoms with E-state index in [1.807, 2.05) is 13.0 Å². The summed E-state index contributed by atoms with van der Waals surface area (Å²) >= 11 is 5.00. The van der Waals surface area contributed by atoms with Gasteiger partial charge in [-0.2, -0.15) is 0 Å². The van der Waals surface area contributed by atoms with Gasteiger partial charge >= 0.3 is 0 Å². The van der Waals surface area contributed by atoms with Crippen LogP contribution in [0, 0.1) is 6.92 Å². The largest absolute Gasteiger partial charge is 0.308 e. The lowest BCUT2D eigenvalue weighted by molar-refractivity contribution is 0.524. The molecule has 6 heteroatoms. The van der Waals surface area contributed by atoms with Crippen LogP contribution in [0.2, 0.25) is 0 Å². The summed E-state index contributed by atoms with van der Waals surface area (Å²) in [7, 11) is 0. The van der Waals surface area contributed by atoms with E-state index >= 15 is 0 Å². The van der Waals surface area contributed by atoms with Crippen molar-refractivity contribution in [3.05, 3.63) is 49.2 Å². The summed E-state index contributed by atoms with van der Waals surface area (Å²) in [6, 6.07) is 4.46. The third-order valence-corrected chi connectivity index (χ3v) is 4.90. The Kier molecular flexibility index (Phi) is 4.90. The van der Waals surface area contributed by atoms with Crippen molar-refractivity contribution in [3.8, 4) is 0 Å². The molecule has 2 aromatic rings. The molecule has 102 valence electrons. The second kappa shape index (κ2) is 6.45. The van der Waals surface area contributed by atoms with E-state index in [9.17, 15) is 4.79 Å². The number of hydrogen-bond donors (Lipinski definition) is 1. The summed E-state index contributed by atoms with van der Waals surface area (Å²) in [5.41, 5.74) is 0.694. The van der Waals surface area contributed by atoms with Crippen molar-refractivity contribution in [1.82, 2.24) is 14.9 Å². The van der Waals surface area contributed by atoms with Gasteiger partial charge in [0.05, 0.1) is 12.0 Å². The summed E-state index contributed by atoms with van der Waals surface area (Å²) in [4.78, 5) is 17.4. The highest BCUT2D eigenvalue weighted by Gasteiger charge is 2.07. The second-order valence-corrected chi connectivity index (χ2v) is 6.11. The van der Waals surface area contributed by atoms with Crippen molar-refractivity contribution in [3.63, 3.8) is 0 Å². The highest BCUT2D eigenvalue weighted by molar-refractivity contribution is 9.10. The minimum atomic E-state index is -0.0296. The molecule has 0 aromatic carbocycles. The van der Waals surface area contributed by atoms with Crippen LogP contribution in [0.15, 0.2) is 33.1 Å². The fraction of sp³-hybridized carbons (Fsp3) is 0.385. The van der Waals surface area contributed by atoms with Crippen molar-refractivity contribution in [2.24, 2.45) is 0 Å². The van der Waals surface area contributed by atoms with Crippen molar-refractivity contribution in [2.45, 2.75) is 26.4 Å². The molecule has 0 aliphatic carbocycles. The molecule has 1 N–H and O–H groups in total. The molecule has 0 spiro atoms. The van der Waals surface area contributed by atoms with Crippen LogP contribution in [0.4, 0.5) is 0 Å². The van der Waals surface area contributed by atoms with Crippen LogP contribution in [-0.4, -0.2) is 16.1 Å². The maximum absolute atomic E-state index is 11.9. The first-order valence-electron chi connectivity index (χ1n) is 6.08. The number of rotatable bonds is 5. The highest BCUT2D eigenvalue weighted by Crippen LogP contribution is 2.17. The fourth-order valence-corrected chi connectivity index (χ4v) is 2.83. The first-order valence-corrected chi connectivity index (χ1v) is 7.75. The topological polar surface area (TPSA) is 46.9 Å². The first-order chi connectivity index (χ1) is 9.09. The number of thiophene rings is 1. The van der Waals surface area contributed by atoms with E-state index in [0.717, 1.165) is 12.2 Å². The Hall–Kier alpha value is -0.980. The molecule has 0 radical (unpaired) electrons. The van der Waals surface area contributed by atoms with E-state index in [-0.39, 0.29) is 5.56 Å². The van der Waals surface area contributed by atoms with Crippen LogP contribution in [0.3, 0.4) is 0 Å². The summed E-state index contributed by atoms with van der Waals surface area (Å²) in [6.07, 6.45) is 1.60. The van der Waals surface area contributed by atoms with Crippen LogP contribution in [0.5, 0.6) is 0 Å². The molecule has 2 aromatic heterocycles. The predicted molar refractivity (Wildman–Crippen MR) is 81.7 cm³/mol. The maximum atomic E-state index is 11.9. The maximum Gasteiger partial charge on any atom is 0.267 e. The van der Waals surface area contributed by atoms with Gasteiger partial charge in [0, 0.05) is 24.0 Å². The van der Waals surface area contributed by atoms with Gasteiger partial charge in [-0.25, -0.2) is 4.98 Å². The third-order valence-electron chi connectivity index (χ3n) is 2.93. The summed E-state index contributed by atoms with van der Waals surface area (Å²) < 4.78 is 2.16. The third kappa shape index (κ3) is 3.52. The van der Waals surface area contributed by atoms with E-state index in [1.54, 1.807) is 22.2 Å². The number of aromatic nitrogens is 2. The lowest BCUT2D eigenvalue weighted by atomic mass is 10.3. The molecule has 0 saturated carbocycles. The average Bonchev–Trinajstić information content (AvgIpc) is 2.92. The number of hydrogen-bond acceptors (Lipinski definition) is 4. The Balaban J connectivity index is 1.93. The number of nitrogens with zero attached hydrogens (tertiary/aromatic N) is 2. The normalized spacial score (nSPS) is 12.6. The first kappa shape index (κ1) is 14.4. The zero-order chi connectivity index (χ0) is 13.8. The minimum Gasteiger partial charge on any atom is -0.308 e. The predicted octanol–water partition coefficient (Wildman–Crippen LogP) is 2.73. The Morgan fingerprint density at radius 2 is 2.37 bits per heavy atom. The molecule has 0 amide bonds. The van der Waals surface area contributed by atoms with Gasteiger partial charge in [0.2, 0.25) is 0 Å². The van der Waals surface area contributed by atoms with Gasteiger partial charge in [-0.15, -0.1) is 11.3 Å². The fourth-order valence-electron chi connectivity index (χ4n) is 1.75. The van der Waals surface area contributed by atoms with Gasteiger partial charge in [-0.05, 0) is 41.2 Å². The van der Waals surface area contributed by atoms with Crippen molar-refractivity contribution in [1.29, 1.82) is 0 Å². The van der Waals surface area contributed by atoms with Crippen LogP contribution in [-0.2, 0) is 6.54 Å². The number of nitrogens with one attached hydrogen (secondary N) is 1. The van der Waals surface area contributed by atoms with Gasteiger partial charge in [-0.3, -0.25) is 9.36 Å². The van der Waals surface area contributed by atoms with Crippen LogP contribution in [0.25, 0.3) is 0 Å². The van der Waals surface area contributed by atoms with E-state index in [0.29, 0.717) is 17.1 Å². The Bertz CT molecular complexity index is 594. The van der Waals surface area contributed by atoms with Crippen molar-refractivity contribution in [2.75, 3.05) is 6.54 Å². The highest BCUT2D eigenvalue weighted by atomic mass is 79.9. The van der Waals surface area contributed by atoms with Gasteiger partial charge in [-0.1, -0.05) is 6.07 Å². The molecule has 0 aliphatic rings. The van der Waals surface area contributed by atoms with E-state index in [2.05, 4.69) is 44.6 Å². The molecule has 0 fully saturated rings.